The summed E-state index contributed by atoms with van der Waals surface area (Å²) in [4.78, 5) is 32.1. The van der Waals surface area contributed by atoms with Crippen LogP contribution in [0.2, 0.25) is 0 Å². The highest BCUT2D eigenvalue weighted by Crippen LogP contribution is 2.35. The van der Waals surface area contributed by atoms with E-state index < -0.39 is 27.5 Å². The highest BCUT2D eigenvalue weighted by Gasteiger charge is 2.42. The molecule has 0 aliphatic rings. The molecular formula is C20H15F3IN3O3. The molecule has 0 spiro atoms. The molecule has 2 heterocycles. The Morgan fingerprint density at radius 2 is 1.87 bits per heavy atom. The standard InChI is InChI=1S/C20H15F3IN3O3/c1-2-14(28)15(24)13-9-8-12(10-25-13)26-18(29)16-17(20(21,22)23)30-19(27-16)11-6-4-3-5-7-11/h3-10,15H,2H2,1H3,(H,26,29)/t15-/m0/s1. The quantitative estimate of drug-likeness (QED) is 0.339. The Morgan fingerprint density at radius 3 is 2.43 bits per heavy atom. The van der Waals surface area contributed by atoms with Gasteiger partial charge in [-0.2, -0.15) is 13.2 Å². The second-order valence-corrected chi connectivity index (χ2v) is 7.41. The lowest BCUT2D eigenvalue weighted by Crippen LogP contribution is -2.18. The van der Waals surface area contributed by atoms with Crippen LogP contribution in [0.1, 0.15) is 39.2 Å². The molecule has 2 aromatic heterocycles. The maximum Gasteiger partial charge on any atom is 0.452 e. The number of nitrogens with zero attached hydrogens (tertiary/aromatic N) is 2. The van der Waals surface area contributed by atoms with Gasteiger partial charge in [0.05, 0.1) is 17.6 Å². The number of ketones is 1. The van der Waals surface area contributed by atoms with E-state index in [2.05, 4.69) is 15.3 Å². The molecule has 1 aromatic carbocycles. The number of alkyl halides is 4. The Hall–Kier alpha value is -2.76. The summed E-state index contributed by atoms with van der Waals surface area (Å²) < 4.78 is 44.5. The Labute approximate surface area is 183 Å². The van der Waals surface area contributed by atoms with Crippen LogP contribution in [0.15, 0.2) is 53.1 Å². The number of amides is 1. The molecule has 0 fully saturated rings. The van der Waals surface area contributed by atoms with Crippen molar-refractivity contribution in [2.45, 2.75) is 23.4 Å². The second kappa shape index (κ2) is 8.94. The topological polar surface area (TPSA) is 85.1 Å². The van der Waals surface area contributed by atoms with Crippen molar-refractivity contribution in [3.8, 4) is 11.5 Å². The Bertz CT molecular complexity index is 1050. The van der Waals surface area contributed by atoms with Crippen molar-refractivity contribution >= 4 is 40.0 Å². The molecule has 0 aliphatic carbocycles. The van der Waals surface area contributed by atoms with Gasteiger partial charge in [-0.05, 0) is 24.3 Å². The lowest BCUT2D eigenvalue weighted by molar-refractivity contribution is -0.153. The molecule has 30 heavy (non-hydrogen) atoms. The van der Waals surface area contributed by atoms with Gasteiger partial charge in [-0.15, -0.1) is 0 Å². The van der Waals surface area contributed by atoms with Gasteiger partial charge in [-0.25, -0.2) is 4.98 Å². The van der Waals surface area contributed by atoms with Crippen molar-refractivity contribution in [1.82, 2.24) is 9.97 Å². The number of benzene rings is 1. The molecule has 0 saturated heterocycles. The van der Waals surface area contributed by atoms with E-state index in [1.165, 1.54) is 30.5 Å². The summed E-state index contributed by atoms with van der Waals surface area (Å²) in [7, 11) is 0. The van der Waals surface area contributed by atoms with Gasteiger partial charge in [0.2, 0.25) is 11.7 Å². The molecule has 156 valence electrons. The first-order valence-corrected chi connectivity index (χ1v) is 10.0. The average molecular weight is 529 g/mol. The maximum absolute atomic E-state index is 13.4. The second-order valence-electron chi connectivity index (χ2n) is 6.17. The zero-order chi connectivity index (χ0) is 21.9. The van der Waals surface area contributed by atoms with E-state index in [1.807, 2.05) is 22.6 Å². The molecule has 10 heteroatoms. The first-order valence-electron chi connectivity index (χ1n) is 8.78. The molecule has 1 N–H and O–H groups in total. The van der Waals surface area contributed by atoms with E-state index in [-0.39, 0.29) is 17.4 Å². The predicted molar refractivity (Wildman–Crippen MR) is 111 cm³/mol. The highest BCUT2D eigenvalue weighted by atomic mass is 127. The van der Waals surface area contributed by atoms with E-state index in [1.54, 1.807) is 25.1 Å². The molecule has 1 amide bonds. The van der Waals surface area contributed by atoms with Gasteiger partial charge >= 0.3 is 6.18 Å². The number of rotatable bonds is 6. The number of oxazole rings is 1. The van der Waals surface area contributed by atoms with Crippen LogP contribution >= 0.6 is 22.6 Å². The van der Waals surface area contributed by atoms with Gasteiger partial charge in [-0.1, -0.05) is 47.7 Å². The number of nitrogens with one attached hydrogen (secondary N) is 1. The van der Waals surface area contributed by atoms with Crippen molar-refractivity contribution in [2.24, 2.45) is 0 Å². The van der Waals surface area contributed by atoms with Crippen LogP contribution in [-0.4, -0.2) is 21.7 Å². The summed E-state index contributed by atoms with van der Waals surface area (Å²) in [5, 5.41) is 2.33. The third kappa shape index (κ3) is 4.86. The van der Waals surface area contributed by atoms with Crippen LogP contribution in [0, 0.1) is 0 Å². The molecule has 3 aromatic rings. The minimum Gasteiger partial charge on any atom is -0.431 e. The first kappa shape index (κ1) is 21.9. The summed E-state index contributed by atoms with van der Waals surface area (Å²) >= 11 is 1.95. The monoisotopic (exact) mass is 529 g/mol. The fourth-order valence-electron chi connectivity index (χ4n) is 2.53. The molecular weight excluding hydrogens is 514 g/mol. The molecule has 0 bridgehead atoms. The highest BCUT2D eigenvalue weighted by molar-refractivity contribution is 14.1. The van der Waals surface area contributed by atoms with Gasteiger partial charge in [-0.3, -0.25) is 14.6 Å². The Kier molecular flexibility index (Phi) is 6.54. The summed E-state index contributed by atoms with van der Waals surface area (Å²) in [6.07, 6.45) is -3.28. The smallest absolute Gasteiger partial charge is 0.431 e. The zero-order valence-corrected chi connectivity index (χ0v) is 17.7. The number of pyridine rings is 1. The SMILES string of the molecule is CCC(=O)[C@@H](I)c1ccc(NC(=O)c2nc(-c3ccccc3)oc2C(F)(F)F)cn1. The van der Waals surface area contributed by atoms with Crippen LogP contribution in [0.25, 0.3) is 11.5 Å². The summed E-state index contributed by atoms with van der Waals surface area (Å²) in [5.41, 5.74) is 0.0815. The molecule has 0 unspecified atom stereocenters. The van der Waals surface area contributed by atoms with Gasteiger partial charge < -0.3 is 9.73 Å². The van der Waals surface area contributed by atoms with E-state index in [4.69, 9.17) is 4.42 Å². The first-order chi connectivity index (χ1) is 14.2. The number of aromatic nitrogens is 2. The van der Waals surface area contributed by atoms with Crippen LogP contribution in [0.4, 0.5) is 18.9 Å². The number of carbonyl (C=O) groups is 2. The summed E-state index contributed by atoms with van der Waals surface area (Å²) in [5.74, 6) is -2.89. The molecule has 0 aliphatic heterocycles. The third-order valence-electron chi connectivity index (χ3n) is 4.06. The Balaban J connectivity index is 1.86. The van der Waals surface area contributed by atoms with Gasteiger partial charge in [0, 0.05) is 12.0 Å². The number of halogens is 4. The van der Waals surface area contributed by atoms with Crippen LogP contribution in [0.3, 0.4) is 0 Å². The van der Waals surface area contributed by atoms with Crippen molar-refractivity contribution in [3.63, 3.8) is 0 Å². The predicted octanol–water partition coefficient (Wildman–Crippen LogP) is 5.46. The van der Waals surface area contributed by atoms with Crippen LogP contribution in [-0.2, 0) is 11.0 Å². The largest absolute Gasteiger partial charge is 0.452 e. The van der Waals surface area contributed by atoms with E-state index >= 15 is 0 Å². The molecule has 0 radical (unpaired) electrons. The fourth-order valence-corrected chi connectivity index (χ4v) is 3.34. The number of Topliss-reactive ketones (excluding diaryl/α,β-unsaturated/α-hetero) is 1. The number of carbonyl (C=O) groups excluding carboxylic acids is 2. The van der Waals surface area contributed by atoms with Crippen molar-refractivity contribution < 1.29 is 27.2 Å². The molecule has 1 atom stereocenters. The van der Waals surface area contributed by atoms with Crippen LogP contribution in [0.5, 0.6) is 0 Å². The molecule has 6 nitrogen and oxygen atoms in total. The minimum atomic E-state index is -4.90. The normalized spacial score (nSPS) is 12.4. The van der Waals surface area contributed by atoms with Gasteiger partial charge in [0.1, 0.15) is 3.92 Å². The lowest BCUT2D eigenvalue weighted by atomic mass is 10.1. The molecule has 3 rings (SSSR count). The van der Waals surface area contributed by atoms with E-state index in [0.717, 1.165) is 0 Å². The van der Waals surface area contributed by atoms with E-state index in [9.17, 15) is 22.8 Å². The summed E-state index contributed by atoms with van der Waals surface area (Å²) in [6, 6.07) is 11.0. The van der Waals surface area contributed by atoms with Gasteiger partial charge in [0.15, 0.2) is 11.5 Å². The van der Waals surface area contributed by atoms with Crippen LogP contribution < -0.4 is 5.32 Å². The Morgan fingerprint density at radius 1 is 1.17 bits per heavy atom. The number of hydrogen-bond donors (Lipinski definition) is 1. The summed E-state index contributed by atoms with van der Waals surface area (Å²) in [6.45, 7) is 1.74. The lowest BCUT2D eigenvalue weighted by Gasteiger charge is -2.09. The maximum atomic E-state index is 13.4. The van der Waals surface area contributed by atoms with E-state index in [0.29, 0.717) is 17.7 Å². The van der Waals surface area contributed by atoms with Crippen molar-refractivity contribution in [1.29, 1.82) is 0 Å². The van der Waals surface area contributed by atoms with Gasteiger partial charge in [0.25, 0.3) is 5.91 Å². The molecule has 0 saturated carbocycles. The van der Waals surface area contributed by atoms with Crippen molar-refractivity contribution in [2.75, 3.05) is 5.32 Å². The zero-order valence-electron chi connectivity index (χ0n) is 15.5. The number of hydrogen-bond acceptors (Lipinski definition) is 5. The number of anilines is 1. The average Bonchev–Trinajstić information content (AvgIpc) is 3.20. The van der Waals surface area contributed by atoms with Crippen molar-refractivity contribution in [3.05, 3.63) is 65.8 Å². The minimum absolute atomic E-state index is 0.00857. The fraction of sp³-hybridized carbons (Fsp3) is 0.200. The third-order valence-corrected chi connectivity index (χ3v) is 5.39.